The fourth-order valence-electron chi connectivity index (χ4n) is 5.00. The summed E-state index contributed by atoms with van der Waals surface area (Å²) in [5, 5.41) is 19.8. The Kier molecular flexibility index (Phi) is 5.91. The second-order valence-corrected chi connectivity index (χ2v) is 9.82. The molecule has 0 aromatic rings. The number of carbonyl (C=O) groups excluding carboxylic acids is 1. The molecule has 7 nitrogen and oxygen atoms in total. The van der Waals surface area contributed by atoms with Gasteiger partial charge in [0.2, 0.25) is 5.91 Å². The zero-order chi connectivity index (χ0) is 19.1. The molecule has 0 radical (unpaired) electrons. The molecule has 1 heterocycles. The number of nitrogens with one attached hydrogen (secondary N) is 1. The number of hydrogen-bond donors (Lipinski definition) is 3. The average Bonchev–Trinajstić information content (AvgIpc) is 2.80. The highest BCUT2D eigenvalue weighted by Gasteiger charge is 2.53. The molecule has 1 aliphatic heterocycles. The third kappa shape index (κ3) is 4.05. The van der Waals surface area contributed by atoms with Gasteiger partial charge in [0, 0.05) is 0 Å². The van der Waals surface area contributed by atoms with Crippen LogP contribution in [-0.2, 0) is 15.0 Å². The number of aliphatic hydroxyl groups is 2. The van der Waals surface area contributed by atoms with E-state index in [1.165, 1.54) is 0 Å². The van der Waals surface area contributed by atoms with Crippen LogP contribution in [0, 0.1) is 17.8 Å². The molecule has 2 saturated carbocycles. The molecule has 0 spiro atoms. The lowest BCUT2D eigenvalue weighted by atomic mass is 9.64. The van der Waals surface area contributed by atoms with Crippen LogP contribution in [0.15, 0.2) is 0 Å². The molecule has 0 aromatic heterocycles. The van der Waals surface area contributed by atoms with Gasteiger partial charge in [-0.1, -0.05) is 19.3 Å². The van der Waals surface area contributed by atoms with Crippen molar-refractivity contribution in [2.45, 2.75) is 76.3 Å². The van der Waals surface area contributed by atoms with Gasteiger partial charge in [-0.25, -0.2) is 9.11 Å². The van der Waals surface area contributed by atoms with E-state index in [0.29, 0.717) is 18.8 Å². The third-order valence-electron chi connectivity index (χ3n) is 6.25. The summed E-state index contributed by atoms with van der Waals surface area (Å²) in [6.07, 6.45) is 2.49. The first-order valence-electron chi connectivity index (χ1n) is 9.51. The molecule has 0 aromatic carbocycles. The second kappa shape index (κ2) is 7.69. The Labute approximate surface area is 154 Å². The molecule has 3 aliphatic rings. The number of halogens is 1. The van der Waals surface area contributed by atoms with Crippen molar-refractivity contribution in [2.75, 3.05) is 6.54 Å². The van der Waals surface area contributed by atoms with Crippen LogP contribution < -0.4 is 4.72 Å². The number of carbonyl (C=O) groups is 1. The van der Waals surface area contributed by atoms with E-state index in [9.17, 15) is 23.4 Å². The fourth-order valence-corrected chi connectivity index (χ4v) is 6.33. The van der Waals surface area contributed by atoms with Gasteiger partial charge in [0.05, 0.1) is 24.8 Å². The van der Waals surface area contributed by atoms with Crippen molar-refractivity contribution in [3.8, 4) is 0 Å². The van der Waals surface area contributed by atoms with Crippen LogP contribution in [0.2, 0.25) is 0 Å². The summed E-state index contributed by atoms with van der Waals surface area (Å²) in [4.78, 5) is 11.5. The Balaban J connectivity index is 1.69. The quantitative estimate of drug-likeness (QED) is 0.639. The first-order valence-corrected chi connectivity index (χ1v) is 11.0. The van der Waals surface area contributed by atoms with E-state index in [1.54, 1.807) is 6.92 Å². The van der Waals surface area contributed by atoms with Gasteiger partial charge in [0.25, 0.3) is 0 Å². The van der Waals surface area contributed by atoms with E-state index in [2.05, 4.69) is 0 Å². The molecule has 3 rings (SSSR count). The molecule has 7 atom stereocenters. The molecule has 150 valence electrons. The SMILES string of the molecule is C[C@@H](O)CCCC1CCC2CC(O)C(N3CC(=O)NS3(=O)=O)C(F)C2C1. The van der Waals surface area contributed by atoms with Crippen LogP contribution in [0.3, 0.4) is 0 Å². The van der Waals surface area contributed by atoms with Gasteiger partial charge in [-0.05, 0) is 50.4 Å². The Morgan fingerprint density at radius 3 is 2.69 bits per heavy atom. The van der Waals surface area contributed by atoms with Crippen LogP contribution in [0.25, 0.3) is 0 Å². The Morgan fingerprint density at radius 1 is 1.35 bits per heavy atom. The number of aliphatic hydroxyl groups excluding tert-OH is 2. The largest absolute Gasteiger partial charge is 0.393 e. The van der Waals surface area contributed by atoms with Gasteiger partial charge >= 0.3 is 10.2 Å². The maximum absolute atomic E-state index is 15.3. The fraction of sp³-hybridized carbons (Fsp3) is 0.941. The summed E-state index contributed by atoms with van der Waals surface area (Å²) in [6, 6.07) is -1.20. The average molecular weight is 392 g/mol. The molecule has 9 heteroatoms. The van der Waals surface area contributed by atoms with Crippen LogP contribution >= 0.6 is 0 Å². The Morgan fingerprint density at radius 2 is 2.08 bits per heavy atom. The van der Waals surface area contributed by atoms with E-state index in [-0.39, 0.29) is 17.9 Å². The molecule has 3 N–H and O–H groups in total. The van der Waals surface area contributed by atoms with E-state index < -0.39 is 41.0 Å². The minimum absolute atomic E-state index is 0.0539. The lowest BCUT2D eigenvalue weighted by molar-refractivity contribution is -0.120. The predicted molar refractivity (Wildman–Crippen MR) is 92.9 cm³/mol. The molecule has 3 fully saturated rings. The summed E-state index contributed by atoms with van der Waals surface area (Å²) in [6.45, 7) is 1.33. The molecule has 26 heavy (non-hydrogen) atoms. The highest BCUT2D eigenvalue weighted by atomic mass is 32.2. The molecule has 1 saturated heterocycles. The predicted octanol–water partition coefficient (Wildman–Crippen LogP) is 0.718. The Hall–Kier alpha value is -0.770. The van der Waals surface area contributed by atoms with Crippen molar-refractivity contribution in [3.63, 3.8) is 0 Å². The van der Waals surface area contributed by atoms with Gasteiger partial charge in [-0.15, -0.1) is 0 Å². The van der Waals surface area contributed by atoms with E-state index >= 15 is 4.39 Å². The summed E-state index contributed by atoms with van der Waals surface area (Å²) < 4.78 is 42.2. The zero-order valence-electron chi connectivity index (χ0n) is 15.1. The normalized spacial score (nSPS) is 41.5. The molecule has 1 amide bonds. The summed E-state index contributed by atoms with van der Waals surface area (Å²) >= 11 is 0. The molecular weight excluding hydrogens is 363 g/mol. The van der Waals surface area contributed by atoms with Gasteiger partial charge in [0.1, 0.15) is 6.17 Å². The van der Waals surface area contributed by atoms with Crippen LogP contribution in [0.1, 0.15) is 51.9 Å². The third-order valence-corrected chi connectivity index (χ3v) is 7.72. The minimum atomic E-state index is -4.07. The van der Waals surface area contributed by atoms with Gasteiger partial charge < -0.3 is 10.2 Å². The van der Waals surface area contributed by atoms with E-state index in [0.717, 1.165) is 36.4 Å². The van der Waals surface area contributed by atoms with Crippen LogP contribution in [-0.4, -0.2) is 59.8 Å². The number of nitrogens with zero attached hydrogens (tertiary/aromatic N) is 1. The van der Waals surface area contributed by atoms with Crippen molar-refractivity contribution in [2.24, 2.45) is 17.8 Å². The van der Waals surface area contributed by atoms with Crippen molar-refractivity contribution >= 4 is 16.1 Å². The van der Waals surface area contributed by atoms with Crippen molar-refractivity contribution in [3.05, 3.63) is 0 Å². The maximum atomic E-state index is 15.3. The van der Waals surface area contributed by atoms with Crippen molar-refractivity contribution in [1.82, 2.24) is 9.03 Å². The Bertz CT molecular complexity index is 629. The topological polar surface area (TPSA) is 107 Å². The highest BCUT2D eigenvalue weighted by Crippen LogP contribution is 2.47. The molecule has 6 unspecified atom stereocenters. The summed E-state index contributed by atoms with van der Waals surface area (Å²) in [5.74, 6) is -0.567. The van der Waals surface area contributed by atoms with Gasteiger partial charge in [0.15, 0.2) is 0 Å². The molecule has 0 bridgehead atoms. The van der Waals surface area contributed by atoms with Gasteiger partial charge in [-0.3, -0.25) is 4.79 Å². The molecule has 2 aliphatic carbocycles. The maximum Gasteiger partial charge on any atom is 0.304 e. The smallest absolute Gasteiger partial charge is 0.304 e. The summed E-state index contributed by atoms with van der Waals surface area (Å²) in [7, 11) is -4.07. The monoisotopic (exact) mass is 392 g/mol. The lowest BCUT2D eigenvalue weighted by Gasteiger charge is -2.48. The molecular formula is C17H29FN2O5S. The number of fused-ring (bicyclic) bond motifs is 1. The zero-order valence-corrected chi connectivity index (χ0v) is 15.9. The van der Waals surface area contributed by atoms with Crippen molar-refractivity contribution in [1.29, 1.82) is 0 Å². The standard InChI is InChI=1S/C17H29FN2O5S/c1-10(21)3-2-4-11-5-6-12-8-14(22)17(16(18)13(12)7-11)20-9-15(23)19-26(20,24)25/h10-14,16-17,21-22H,2-9H2,1H3,(H,19,23)/t10-,11?,12?,13?,14?,16?,17?/m1/s1. The first-order chi connectivity index (χ1) is 12.2. The summed E-state index contributed by atoms with van der Waals surface area (Å²) in [5.41, 5.74) is 0. The lowest BCUT2D eigenvalue weighted by Crippen LogP contribution is -2.58. The number of amides is 1. The number of hydrogen-bond acceptors (Lipinski definition) is 5. The minimum Gasteiger partial charge on any atom is -0.393 e. The first kappa shape index (κ1) is 20.0. The van der Waals surface area contributed by atoms with Crippen molar-refractivity contribution < 1.29 is 27.8 Å². The van der Waals surface area contributed by atoms with Gasteiger partial charge in [-0.2, -0.15) is 12.7 Å². The number of alkyl halides is 1. The second-order valence-electron chi connectivity index (χ2n) is 8.20. The number of rotatable bonds is 5. The van der Waals surface area contributed by atoms with Crippen LogP contribution in [0.5, 0.6) is 0 Å². The van der Waals surface area contributed by atoms with E-state index in [1.807, 2.05) is 4.72 Å². The van der Waals surface area contributed by atoms with E-state index in [4.69, 9.17) is 0 Å². The van der Waals surface area contributed by atoms with Crippen LogP contribution in [0.4, 0.5) is 4.39 Å². The highest BCUT2D eigenvalue weighted by molar-refractivity contribution is 7.88.